The van der Waals surface area contributed by atoms with E-state index in [1.807, 2.05) is 28.8 Å². The van der Waals surface area contributed by atoms with Crippen LogP contribution in [0.1, 0.15) is 38.4 Å². The number of rotatable bonds is 5. The first kappa shape index (κ1) is 18.7. The molecule has 1 aliphatic rings. The highest BCUT2D eigenvalue weighted by Gasteiger charge is 2.29. The molecule has 1 atom stereocenters. The molecule has 28 heavy (non-hydrogen) atoms. The second kappa shape index (κ2) is 7.38. The summed E-state index contributed by atoms with van der Waals surface area (Å²) in [5.74, 6) is -0.445. The number of piperidine rings is 1. The first-order chi connectivity index (χ1) is 13.5. The summed E-state index contributed by atoms with van der Waals surface area (Å²) >= 11 is 1.56. The Kier molecular flexibility index (Phi) is 4.92. The SMILES string of the molecule is CCc1nn(CC(=O)N2CCCCC2CC(=O)O)c(=O)c2cc3sccc3n12. The van der Waals surface area contributed by atoms with E-state index < -0.39 is 5.97 Å². The van der Waals surface area contributed by atoms with E-state index in [1.165, 1.54) is 4.68 Å². The number of carboxylic acid groups (broad SMARTS) is 1. The van der Waals surface area contributed by atoms with Crippen LogP contribution in [0.5, 0.6) is 0 Å². The molecular formula is C19H22N4O4S. The number of aryl methyl sites for hydroxylation is 1. The summed E-state index contributed by atoms with van der Waals surface area (Å²) in [5, 5.41) is 15.6. The van der Waals surface area contributed by atoms with E-state index in [1.54, 1.807) is 16.2 Å². The third-order valence-corrected chi connectivity index (χ3v) is 6.18. The van der Waals surface area contributed by atoms with Crippen molar-refractivity contribution < 1.29 is 14.7 Å². The van der Waals surface area contributed by atoms with Crippen molar-refractivity contribution in [1.29, 1.82) is 0 Å². The molecule has 4 heterocycles. The standard InChI is InChI=1S/C19H22N4O4S/c1-2-16-20-22(19(27)14-10-15-13(23(14)16)6-8-28-15)11-17(24)21-7-4-3-5-12(21)9-18(25)26/h6,8,10,12H,2-5,7,9,11H2,1H3,(H,25,26). The van der Waals surface area contributed by atoms with Crippen LogP contribution in [0.2, 0.25) is 0 Å². The summed E-state index contributed by atoms with van der Waals surface area (Å²) in [4.78, 5) is 38.6. The molecule has 8 nitrogen and oxygen atoms in total. The smallest absolute Gasteiger partial charge is 0.305 e. The van der Waals surface area contributed by atoms with E-state index in [2.05, 4.69) is 5.10 Å². The Hall–Kier alpha value is -2.68. The van der Waals surface area contributed by atoms with Crippen molar-refractivity contribution in [1.82, 2.24) is 19.1 Å². The van der Waals surface area contributed by atoms with Gasteiger partial charge in [0.05, 0.1) is 16.6 Å². The number of aromatic nitrogens is 3. The van der Waals surface area contributed by atoms with Gasteiger partial charge in [-0.05, 0) is 36.8 Å². The second-order valence-electron chi connectivity index (χ2n) is 7.10. The number of fused-ring (bicyclic) bond motifs is 3. The average molecular weight is 402 g/mol. The number of carbonyl (C=O) groups excluding carboxylic acids is 1. The van der Waals surface area contributed by atoms with E-state index in [0.717, 1.165) is 28.9 Å². The van der Waals surface area contributed by atoms with Crippen molar-refractivity contribution in [3.05, 3.63) is 33.7 Å². The van der Waals surface area contributed by atoms with Crippen molar-refractivity contribution >= 4 is 38.9 Å². The largest absolute Gasteiger partial charge is 0.481 e. The van der Waals surface area contributed by atoms with Gasteiger partial charge >= 0.3 is 5.97 Å². The fourth-order valence-corrected chi connectivity index (χ4v) is 4.82. The Morgan fingerprint density at radius 3 is 2.89 bits per heavy atom. The van der Waals surface area contributed by atoms with Gasteiger partial charge in [0.1, 0.15) is 17.9 Å². The molecule has 1 amide bonds. The Morgan fingerprint density at radius 2 is 2.14 bits per heavy atom. The number of likely N-dealkylation sites (tertiary alicyclic amines) is 1. The molecule has 1 aliphatic heterocycles. The van der Waals surface area contributed by atoms with Crippen LogP contribution >= 0.6 is 11.3 Å². The average Bonchev–Trinajstić information content (AvgIpc) is 3.25. The van der Waals surface area contributed by atoms with Gasteiger partial charge in [-0.1, -0.05) is 6.92 Å². The lowest BCUT2D eigenvalue weighted by molar-refractivity contribution is -0.142. The van der Waals surface area contributed by atoms with Crippen molar-refractivity contribution in [2.24, 2.45) is 0 Å². The third-order valence-electron chi connectivity index (χ3n) is 5.33. The molecule has 0 bridgehead atoms. The lowest BCUT2D eigenvalue weighted by Gasteiger charge is -2.35. The van der Waals surface area contributed by atoms with Crippen molar-refractivity contribution in [3.63, 3.8) is 0 Å². The highest BCUT2D eigenvalue weighted by atomic mass is 32.1. The van der Waals surface area contributed by atoms with Crippen LogP contribution in [0.3, 0.4) is 0 Å². The van der Waals surface area contributed by atoms with Gasteiger partial charge in [-0.2, -0.15) is 5.10 Å². The molecule has 148 valence electrons. The lowest BCUT2D eigenvalue weighted by Crippen LogP contribution is -2.47. The van der Waals surface area contributed by atoms with Gasteiger partial charge in [0.15, 0.2) is 0 Å². The van der Waals surface area contributed by atoms with E-state index in [0.29, 0.717) is 24.9 Å². The molecule has 3 aromatic heterocycles. The maximum Gasteiger partial charge on any atom is 0.305 e. The van der Waals surface area contributed by atoms with Gasteiger partial charge in [-0.15, -0.1) is 11.3 Å². The summed E-state index contributed by atoms with van der Waals surface area (Å²) in [6.07, 6.45) is 2.98. The zero-order valence-corrected chi connectivity index (χ0v) is 16.4. The minimum atomic E-state index is -0.914. The zero-order valence-electron chi connectivity index (χ0n) is 15.6. The minimum Gasteiger partial charge on any atom is -0.481 e. The molecule has 0 radical (unpaired) electrons. The summed E-state index contributed by atoms with van der Waals surface area (Å²) in [7, 11) is 0. The first-order valence-corrected chi connectivity index (χ1v) is 10.4. The topological polar surface area (TPSA) is 96.9 Å². The number of carboxylic acids is 1. The Bertz CT molecular complexity index is 1110. The van der Waals surface area contributed by atoms with E-state index in [4.69, 9.17) is 5.11 Å². The second-order valence-corrected chi connectivity index (χ2v) is 8.05. The fourth-order valence-electron chi connectivity index (χ4n) is 4.02. The molecule has 1 N–H and O–H groups in total. The third kappa shape index (κ3) is 3.19. The van der Waals surface area contributed by atoms with Crippen LogP contribution in [0.25, 0.3) is 15.7 Å². The maximum absolute atomic E-state index is 13.0. The number of hydrogen-bond donors (Lipinski definition) is 1. The minimum absolute atomic E-state index is 0.0672. The Labute approximate surface area is 165 Å². The maximum atomic E-state index is 13.0. The molecule has 3 aromatic rings. The van der Waals surface area contributed by atoms with E-state index in [9.17, 15) is 14.4 Å². The molecule has 0 spiro atoms. The molecule has 0 aliphatic carbocycles. The predicted molar refractivity (Wildman–Crippen MR) is 106 cm³/mol. The molecule has 1 fully saturated rings. The summed E-state index contributed by atoms with van der Waals surface area (Å²) in [6, 6.07) is 3.49. The summed E-state index contributed by atoms with van der Waals surface area (Å²) < 4.78 is 4.10. The Morgan fingerprint density at radius 1 is 1.32 bits per heavy atom. The summed E-state index contributed by atoms with van der Waals surface area (Å²) in [5.41, 5.74) is 1.17. The van der Waals surface area contributed by atoms with Crippen LogP contribution in [-0.2, 0) is 22.6 Å². The highest BCUT2D eigenvalue weighted by Crippen LogP contribution is 2.25. The van der Waals surface area contributed by atoms with Crippen molar-refractivity contribution in [2.45, 2.75) is 51.6 Å². The Balaban J connectivity index is 1.69. The quantitative estimate of drug-likeness (QED) is 0.705. The zero-order chi connectivity index (χ0) is 19.8. The molecular weight excluding hydrogens is 380 g/mol. The number of aliphatic carboxylic acids is 1. The highest BCUT2D eigenvalue weighted by molar-refractivity contribution is 7.17. The van der Waals surface area contributed by atoms with E-state index >= 15 is 0 Å². The van der Waals surface area contributed by atoms with E-state index in [-0.39, 0.29) is 30.5 Å². The van der Waals surface area contributed by atoms with Gasteiger partial charge in [0, 0.05) is 19.0 Å². The van der Waals surface area contributed by atoms with Crippen LogP contribution < -0.4 is 5.56 Å². The van der Waals surface area contributed by atoms with Crippen LogP contribution in [0.4, 0.5) is 0 Å². The number of carbonyl (C=O) groups is 2. The van der Waals surface area contributed by atoms with Gasteiger partial charge in [-0.3, -0.25) is 18.8 Å². The fraction of sp³-hybridized carbons (Fsp3) is 0.474. The molecule has 0 saturated carbocycles. The molecule has 0 aromatic carbocycles. The van der Waals surface area contributed by atoms with Crippen LogP contribution in [0.15, 0.2) is 22.3 Å². The van der Waals surface area contributed by atoms with Gasteiger partial charge in [0.2, 0.25) is 5.91 Å². The van der Waals surface area contributed by atoms with Crippen LogP contribution in [-0.4, -0.2) is 48.7 Å². The predicted octanol–water partition coefficient (Wildman–Crippen LogP) is 2.13. The van der Waals surface area contributed by atoms with Gasteiger partial charge < -0.3 is 10.0 Å². The van der Waals surface area contributed by atoms with Gasteiger partial charge in [0.25, 0.3) is 5.56 Å². The molecule has 9 heteroatoms. The number of nitrogens with zero attached hydrogens (tertiary/aromatic N) is 4. The molecule has 4 rings (SSSR count). The first-order valence-electron chi connectivity index (χ1n) is 9.49. The number of hydrogen-bond acceptors (Lipinski definition) is 5. The lowest BCUT2D eigenvalue weighted by atomic mass is 9.99. The molecule has 1 saturated heterocycles. The van der Waals surface area contributed by atoms with Crippen molar-refractivity contribution in [3.8, 4) is 0 Å². The monoisotopic (exact) mass is 402 g/mol. The number of thiophene rings is 1. The van der Waals surface area contributed by atoms with Crippen LogP contribution in [0, 0.1) is 0 Å². The van der Waals surface area contributed by atoms with Crippen molar-refractivity contribution in [2.75, 3.05) is 6.54 Å². The normalized spacial score (nSPS) is 17.5. The molecule has 1 unspecified atom stereocenters. The number of amides is 1. The van der Waals surface area contributed by atoms with Gasteiger partial charge in [-0.25, -0.2) is 4.68 Å². The summed E-state index contributed by atoms with van der Waals surface area (Å²) in [6.45, 7) is 2.32.